The molecule has 0 fully saturated rings. The number of hydrogen-bond acceptors (Lipinski definition) is 4. The SMILES string of the molecule is Cc1ccc(CN(Cc2nc(C(=O)NCC(C)C)co2)[C@H](C)c2ccccc2)cc1. The predicted molar refractivity (Wildman–Crippen MR) is 119 cm³/mol. The average Bonchev–Trinajstić information content (AvgIpc) is 3.22. The third-order valence-electron chi connectivity index (χ3n) is 5.13. The Labute approximate surface area is 179 Å². The average molecular weight is 406 g/mol. The number of nitrogens with zero attached hydrogens (tertiary/aromatic N) is 2. The molecule has 5 nitrogen and oxygen atoms in total. The summed E-state index contributed by atoms with van der Waals surface area (Å²) in [5.74, 6) is 0.733. The Kier molecular flexibility index (Phi) is 7.41. The number of oxazole rings is 1. The van der Waals surface area contributed by atoms with Crippen molar-refractivity contribution in [3.05, 3.63) is 89.1 Å². The van der Waals surface area contributed by atoms with Crippen LogP contribution in [-0.4, -0.2) is 22.3 Å². The van der Waals surface area contributed by atoms with E-state index in [-0.39, 0.29) is 11.9 Å². The molecule has 0 aliphatic heterocycles. The van der Waals surface area contributed by atoms with Crippen LogP contribution in [0, 0.1) is 12.8 Å². The minimum absolute atomic E-state index is 0.164. The minimum atomic E-state index is -0.195. The number of benzene rings is 2. The summed E-state index contributed by atoms with van der Waals surface area (Å²) in [7, 11) is 0. The maximum absolute atomic E-state index is 12.3. The van der Waals surface area contributed by atoms with E-state index in [4.69, 9.17) is 4.42 Å². The van der Waals surface area contributed by atoms with E-state index in [9.17, 15) is 4.79 Å². The molecule has 1 aromatic heterocycles. The molecule has 30 heavy (non-hydrogen) atoms. The summed E-state index contributed by atoms with van der Waals surface area (Å²) in [5, 5.41) is 2.88. The van der Waals surface area contributed by atoms with E-state index in [2.05, 4.69) is 91.4 Å². The lowest BCUT2D eigenvalue weighted by Gasteiger charge is -2.28. The number of carbonyl (C=O) groups is 1. The van der Waals surface area contributed by atoms with Gasteiger partial charge in [-0.3, -0.25) is 9.69 Å². The van der Waals surface area contributed by atoms with Crippen molar-refractivity contribution < 1.29 is 9.21 Å². The van der Waals surface area contributed by atoms with E-state index in [1.807, 2.05) is 6.07 Å². The minimum Gasteiger partial charge on any atom is -0.447 e. The Morgan fingerprint density at radius 3 is 2.40 bits per heavy atom. The van der Waals surface area contributed by atoms with Gasteiger partial charge in [-0.2, -0.15) is 0 Å². The van der Waals surface area contributed by atoms with Crippen LogP contribution < -0.4 is 5.32 Å². The van der Waals surface area contributed by atoms with Crippen LogP contribution in [0.1, 0.15) is 59.9 Å². The molecule has 1 amide bonds. The molecule has 1 atom stereocenters. The van der Waals surface area contributed by atoms with Gasteiger partial charge in [-0.05, 0) is 30.9 Å². The van der Waals surface area contributed by atoms with Crippen LogP contribution in [0.3, 0.4) is 0 Å². The fraction of sp³-hybridized carbons (Fsp3) is 0.360. The molecule has 0 bridgehead atoms. The molecule has 0 radical (unpaired) electrons. The lowest BCUT2D eigenvalue weighted by Crippen LogP contribution is -2.28. The van der Waals surface area contributed by atoms with Crippen LogP contribution in [-0.2, 0) is 13.1 Å². The second-order valence-corrected chi connectivity index (χ2v) is 8.21. The van der Waals surface area contributed by atoms with E-state index < -0.39 is 0 Å². The van der Waals surface area contributed by atoms with Crippen LogP contribution in [0.4, 0.5) is 0 Å². The molecule has 1 N–H and O–H groups in total. The Balaban J connectivity index is 1.77. The van der Waals surface area contributed by atoms with Gasteiger partial charge in [0.25, 0.3) is 5.91 Å². The van der Waals surface area contributed by atoms with Crippen LogP contribution in [0.2, 0.25) is 0 Å². The molecule has 0 spiro atoms. The van der Waals surface area contributed by atoms with Gasteiger partial charge >= 0.3 is 0 Å². The van der Waals surface area contributed by atoms with Crippen molar-refractivity contribution in [2.75, 3.05) is 6.54 Å². The fourth-order valence-corrected chi connectivity index (χ4v) is 3.25. The van der Waals surface area contributed by atoms with E-state index in [1.165, 1.54) is 23.0 Å². The van der Waals surface area contributed by atoms with Gasteiger partial charge in [0.05, 0.1) is 6.54 Å². The van der Waals surface area contributed by atoms with Crippen molar-refractivity contribution in [1.82, 2.24) is 15.2 Å². The molecule has 5 heteroatoms. The van der Waals surface area contributed by atoms with Crippen LogP contribution in [0.25, 0.3) is 0 Å². The van der Waals surface area contributed by atoms with Gasteiger partial charge in [0.15, 0.2) is 5.69 Å². The van der Waals surface area contributed by atoms with Gasteiger partial charge in [0.2, 0.25) is 5.89 Å². The first-order valence-electron chi connectivity index (χ1n) is 10.5. The number of rotatable bonds is 9. The van der Waals surface area contributed by atoms with Gasteiger partial charge in [-0.1, -0.05) is 74.0 Å². The zero-order valence-electron chi connectivity index (χ0n) is 18.3. The quantitative estimate of drug-likeness (QED) is 0.536. The Morgan fingerprint density at radius 1 is 1.03 bits per heavy atom. The van der Waals surface area contributed by atoms with Crippen molar-refractivity contribution in [2.45, 2.75) is 46.8 Å². The zero-order valence-corrected chi connectivity index (χ0v) is 18.3. The molecular formula is C25H31N3O2. The molecule has 158 valence electrons. The van der Waals surface area contributed by atoms with Gasteiger partial charge in [-0.15, -0.1) is 0 Å². The molecule has 3 aromatic rings. The molecule has 3 rings (SSSR count). The summed E-state index contributed by atoms with van der Waals surface area (Å²) in [6, 6.07) is 19.1. The summed E-state index contributed by atoms with van der Waals surface area (Å²) >= 11 is 0. The number of amides is 1. The van der Waals surface area contributed by atoms with E-state index in [0.717, 1.165) is 6.54 Å². The van der Waals surface area contributed by atoms with Crippen molar-refractivity contribution >= 4 is 5.91 Å². The Morgan fingerprint density at radius 2 is 1.73 bits per heavy atom. The summed E-state index contributed by atoms with van der Waals surface area (Å²) in [4.78, 5) is 19.0. The van der Waals surface area contributed by atoms with Crippen molar-refractivity contribution in [1.29, 1.82) is 0 Å². The van der Waals surface area contributed by atoms with E-state index >= 15 is 0 Å². The van der Waals surface area contributed by atoms with E-state index in [1.54, 1.807) is 0 Å². The van der Waals surface area contributed by atoms with Gasteiger partial charge in [0.1, 0.15) is 6.26 Å². The maximum Gasteiger partial charge on any atom is 0.273 e. The summed E-state index contributed by atoms with van der Waals surface area (Å²) in [6.07, 6.45) is 1.45. The van der Waals surface area contributed by atoms with E-state index in [0.29, 0.717) is 30.6 Å². The highest BCUT2D eigenvalue weighted by atomic mass is 16.3. The lowest BCUT2D eigenvalue weighted by molar-refractivity contribution is 0.0944. The normalized spacial score (nSPS) is 12.3. The molecule has 1 heterocycles. The summed E-state index contributed by atoms with van der Waals surface area (Å²) in [5.41, 5.74) is 4.02. The summed E-state index contributed by atoms with van der Waals surface area (Å²) < 4.78 is 5.65. The van der Waals surface area contributed by atoms with Crippen LogP contribution in [0.5, 0.6) is 0 Å². The Hall–Kier alpha value is -2.92. The topological polar surface area (TPSA) is 58.4 Å². The molecule has 0 aliphatic rings. The van der Waals surface area contributed by atoms with Crippen LogP contribution >= 0.6 is 0 Å². The summed E-state index contributed by atoms with van der Waals surface area (Å²) in [6.45, 7) is 10.3. The molecular weight excluding hydrogens is 374 g/mol. The third kappa shape index (κ3) is 6.04. The standard InChI is InChI=1S/C25H31N3O2/c1-18(2)14-26-25(29)23-17-30-24(27-23)16-28(15-21-12-10-19(3)11-13-21)20(4)22-8-6-5-7-9-22/h5-13,17-18,20H,14-16H2,1-4H3,(H,26,29)/t20-/m1/s1. The Bertz CT molecular complexity index is 933. The smallest absolute Gasteiger partial charge is 0.273 e. The van der Waals surface area contributed by atoms with Gasteiger partial charge in [0, 0.05) is 19.1 Å². The highest BCUT2D eigenvalue weighted by molar-refractivity contribution is 5.91. The monoisotopic (exact) mass is 405 g/mol. The molecule has 0 unspecified atom stereocenters. The van der Waals surface area contributed by atoms with Crippen molar-refractivity contribution in [2.24, 2.45) is 5.92 Å². The number of carbonyl (C=O) groups excluding carboxylic acids is 1. The predicted octanol–water partition coefficient (Wildman–Crippen LogP) is 5.13. The lowest BCUT2D eigenvalue weighted by atomic mass is 10.1. The fourth-order valence-electron chi connectivity index (χ4n) is 3.25. The highest BCUT2D eigenvalue weighted by Gasteiger charge is 2.20. The first-order chi connectivity index (χ1) is 14.4. The highest BCUT2D eigenvalue weighted by Crippen LogP contribution is 2.24. The number of aryl methyl sites for hydroxylation is 1. The second-order valence-electron chi connectivity index (χ2n) is 8.21. The first kappa shape index (κ1) is 21.8. The molecule has 0 aliphatic carbocycles. The first-order valence-corrected chi connectivity index (χ1v) is 10.5. The largest absolute Gasteiger partial charge is 0.447 e. The number of nitrogens with one attached hydrogen (secondary N) is 1. The van der Waals surface area contributed by atoms with Crippen LogP contribution in [0.15, 0.2) is 65.3 Å². The van der Waals surface area contributed by atoms with Gasteiger partial charge < -0.3 is 9.73 Å². The van der Waals surface area contributed by atoms with Crippen molar-refractivity contribution in [3.8, 4) is 0 Å². The number of aromatic nitrogens is 1. The van der Waals surface area contributed by atoms with Gasteiger partial charge in [-0.25, -0.2) is 4.98 Å². The van der Waals surface area contributed by atoms with Crippen molar-refractivity contribution in [3.63, 3.8) is 0 Å². The maximum atomic E-state index is 12.3. The zero-order chi connectivity index (χ0) is 21.5. The third-order valence-corrected chi connectivity index (χ3v) is 5.13. The second kappa shape index (κ2) is 10.2. The number of hydrogen-bond donors (Lipinski definition) is 1. The molecule has 0 saturated heterocycles. The molecule has 0 saturated carbocycles. The molecule has 2 aromatic carbocycles.